The third-order valence-corrected chi connectivity index (χ3v) is 4.26. The molecule has 0 spiro atoms. The summed E-state index contributed by atoms with van der Waals surface area (Å²) in [5.74, 6) is -0.744. The van der Waals surface area contributed by atoms with Crippen LogP contribution >= 0.6 is 0 Å². The molecule has 29 heavy (non-hydrogen) atoms. The zero-order valence-electron chi connectivity index (χ0n) is 16.6. The lowest BCUT2D eigenvalue weighted by Crippen LogP contribution is -2.28. The minimum atomic E-state index is -0.765. The summed E-state index contributed by atoms with van der Waals surface area (Å²) >= 11 is 0. The predicted octanol–water partition coefficient (Wildman–Crippen LogP) is 2.38. The molecule has 2 heterocycles. The third kappa shape index (κ3) is 4.34. The Kier molecular flexibility index (Phi) is 6.06. The minimum absolute atomic E-state index is 0.00803. The van der Waals surface area contributed by atoms with Crippen LogP contribution in [0.15, 0.2) is 41.3 Å². The summed E-state index contributed by atoms with van der Waals surface area (Å²) < 4.78 is 8.06. The van der Waals surface area contributed by atoms with Crippen molar-refractivity contribution in [2.75, 3.05) is 11.9 Å². The normalized spacial score (nSPS) is 11.0. The summed E-state index contributed by atoms with van der Waals surface area (Å²) in [7, 11) is 0. The number of amides is 1. The Morgan fingerprint density at radius 3 is 2.59 bits per heavy atom. The van der Waals surface area contributed by atoms with Crippen molar-refractivity contribution in [1.82, 2.24) is 19.6 Å². The number of hydrogen-bond donors (Lipinski definition) is 1. The standard InChI is InChI=1S/C20H23N5O4/c1-4-11-24-19(27)15-8-6-5-7-14(15)18(23-24)20(28)29-12-17(26)22-16-9-10-21-25(16)13(2)3/h5-10,13H,4,11-12H2,1-3H3,(H,22,26). The summed E-state index contributed by atoms with van der Waals surface area (Å²) in [5, 5.41) is 11.7. The van der Waals surface area contributed by atoms with E-state index in [1.165, 1.54) is 4.68 Å². The van der Waals surface area contributed by atoms with Gasteiger partial charge in [0.05, 0.1) is 11.6 Å². The summed E-state index contributed by atoms with van der Waals surface area (Å²) in [6.45, 7) is 5.68. The van der Waals surface area contributed by atoms with Crippen LogP contribution < -0.4 is 10.9 Å². The van der Waals surface area contributed by atoms with E-state index >= 15 is 0 Å². The molecule has 0 aliphatic carbocycles. The van der Waals surface area contributed by atoms with E-state index in [4.69, 9.17) is 4.74 Å². The molecule has 0 unspecified atom stereocenters. The molecular weight excluding hydrogens is 374 g/mol. The van der Waals surface area contributed by atoms with E-state index < -0.39 is 18.5 Å². The number of anilines is 1. The number of hydrogen-bond acceptors (Lipinski definition) is 6. The first kappa shape index (κ1) is 20.2. The molecule has 0 radical (unpaired) electrons. The van der Waals surface area contributed by atoms with Crippen LogP contribution in [0.5, 0.6) is 0 Å². The molecule has 152 valence electrons. The van der Waals surface area contributed by atoms with Crippen LogP contribution in [0.25, 0.3) is 10.8 Å². The second-order valence-electron chi connectivity index (χ2n) is 6.80. The number of ether oxygens (including phenoxy) is 1. The molecule has 9 nitrogen and oxygen atoms in total. The van der Waals surface area contributed by atoms with E-state index in [1.807, 2.05) is 20.8 Å². The fourth-order valence-corrected chi connectivity index (χ4v) is 2.95. The number of aryl methyl sites for hydroxylation is 1. The molecule has 0 fully saturated rings. The maximum Gasteiger partial charge on any atom is 0.359 e. The number of fused-ring (bicyclic) bond motifs is 1. The Hall–Kier alpha value is -3.49. The van der Waals surface area contributed by atoms with Gasteiger partial charge in [-0.15, -0.1) is 0 Å². The number of carbonyl (C=O) groups excluding carboxylic acids is 2. The van der Waals surface area contributed by atoms with Gasteiger partial charge in [-0.25, -0.2) is 14.2 Å². The van der Waals surface area contributed by atoms with Crippen LogP contribution in [0, 0.1) is 0 Å². The van der Waals surface area contributed by atoms with Gasteiger partial charge in [-0.2, -0.15) is 10.2 Å². The van der Waals surface area contributed by atoms with E-state index in [9.17, 15) is 14.4 Å². The van der Waals surface area contributed by atoms with Crippen LogP contribution in [-0.4, -0.2) is 38.0 Å². The lowest BCUT2D eigenvalue weighted by atomic mass is 10.1. The lowest BCUT2D eigenvalue weighted by molar-refractivity contribution is -0.119. The molecule has 3 aromatic rings. The maximum absolute atomic E-state index is 12.6. The van der Waals surface area contributed by atoms with E-state index in [2.05, 4.69) is 15.5 Å². The number of aromatic nitrogens is 4. The van der Waals surface area contributed by atoms with Crippen molar-refractivity contribution < 1.29 is 14.3 Å². The maximum atomic E-state index is 12.6. The largest absolute Gasteiger partial charge is 0.451 e. The number of rotatable bonds is 7. The van der Waals surface area contributed by atoms with Gasteiger partial charge in [-0.3, -0.25) is 9.59 Å². The number of nitrogens with zero attached hydrogens (tertiary/aromatic N) is 4. The second kappa shape index (κ2) is 8.68. The highest BCUT2D eigenvalue weighted by Gasteiger charge is 2.19. The number of carbonyl (C=O) groups is 2. The highest BCUT2D eigenvalue weighted by molar-refractivity contribution is 6.03. The van der Waals surface area contributed by atoms with Crippen molar-refractivity contribution in [3.63, 3.8) is 0 Å². The molecule has 0 aliphatic rings. The monoisotopic (exact) mass is 397 g/mol. The molecule has 3 rings (SSSR count). The average molecular weight is 397 g/mol. The van der Waals surface area contributed by atoms with Gasteiger partial charge in [0.1, 0.15) is 5.82 Å². The highest BCUT2D eigenvalue weighted by atomic mass is 16.5. The molecular formula is C20H23N5O4. The van der Waals surface area contributed by atoms with Crippen molar-refractivity contribution in [3.8, 4) is 0 Å². The fourth-order valence-electron chi connectivity index (χ4n) is 2.95. The summed E-state index contributed by atoms with van der Waals surface area (Å²) in [6.07, 6.45) is 2.26. The van der Waals surface area contributed by atoms with Gasteiger partial charge >= 0.3 is 5.97 Å². The summed E-state index contributed by atoms with van der Waals surface area (Å²) in [6, 6.07) is 8.44. The quantitative estimate of drug-likeness (QED) is 0.613. The third-order valence-electron chi connectivity index (χ3n) is 4.26. The van der Waals surface area contributed by atoms with Crippen LogP contribution in [0.3, 0.4) is 0 Å². The molecule has 0 saturated heterocycles. The average Bonchev–Trinajstić information content (AvgIpc) is 3.17. The predicted molar refractivity (Wildman–Crippen MR) is 108 cm³/mol. The van der Waals surface area contributed by atoms with Crippen molar-refractivity contribution in [1.29, 1.82) is 0 Å². The van der Waals surface area contributed by atoms with E-state index in [0.29, 0.717) is 29.6 Å². The summed E-state index contributed by atoms with van der Waals surface area (Å²) in [5.41, 5.74) is -0.257. The Balaban J connectivity index is 1.78. The van der Waals surface area contributed by atoms with Gasteiger partial charge in [0, 0.05) is 24.0 Å². The molecule has 2 aromatic heterocycles. The Morgan fingerprint density at radius 1 is 1.17 bits per heavy atom. The zero-order valence-corrected chi connectivity index (χ0v) is 16.6. The molecule has 1 aromatic carbocycles. The Labute approximate surface area is 167 Å². The van der Waals surface area contributed by atoms with Crippen LogP contribution in [0.4, 0.5) is 5.82 Å². The molecule has 0 atom stereocenters. The number of esters is 1. The number of nitrogens with one attached hydrogen (secondary N) is 1. The Morgan fingerprint density at radius 2 is 1.90 bits per heavy atom. The lowest BCUT2D eigenvalue weighted by Gasteiger charge is -2.12. The molecule has 9 heteroatoms. The van der Waals surface area contributed by atoms with Gasteiger partial charge in [0.2, 0.25) is 0 Å². The van der Waals surface area contributed by atoms with Gasteiger partial charge in [0.25, 0.3) is 11.5 Å². The molecule has 1 amide bonds. The van der Waals surface area contributed by atoms with E-state index in [0.717, 1.165) is 0 Å². The minimum Gasteiger partial charge on any atom is -0.451 e. The van der Waals surface area contributed by atoms with Crippen LogP contribution in [0.1, 0.15) is 43.7 Å². The van der Waals surface area contributed by atoms with Gasteiger partial charge in [-0.05, 0) is 26.3 Å². The first-order valence-corrected chi connectivity index (χ1v) is 9.42. The van der Waals surface area contributed by atoms with Gasteiger partial charge in [0.15, 0.2) is 12.3 Å². The molecule has 0 aliphatic heterocycles. The number of benzene rings is 1. The molecule has 1 N–H and O–H groups in total. The van der Waals surface area contributed by atoms with Crippen LogP contribution in [0.2, 0.25) is 0 Å². The SMILES string of the molecule is CCCn1nc(C(=O)OCC(=O)Nc2ccnn2C(C)C)c2ccccc2c1=O. The van der Waals surface area contributed by atoms with Crippen molar-refractivity contribution >= 4 is 28.5 Å². The highest BCUT2D eigenvalue weighted by Crippen LogP contribution is 2.15. The summed E-state index contributed by atoms with van der Waals surface area (Å²) in [4.78, 5) is 37.3. The first-order valence-electron chi connectivity index (χ1n) is 9.42. The van der Waals surface area contributed by atoms with E-state index in [-0.39, 0.29) is 17.3 Å². The van der Waals surface area contributed by atoms with Gasteiger partial charge in [-0.1, -0.05) is 25.1 Å². The smallest absolute Gasteiger partial charge is 0.359 e. The van der Waals surface area contributed by atoms with Crippen molar-refractivity contribution in [2.45, 2.75) is 39.8 Å². The van der Waals surface area contributed by atoms with E-state index in [1.54, 1.807) is 41.2 Å². The Bertz CT molecular complexity index is 1100. The molecule has 0 saturated carbocycles. The zero-order chi connectivity index (χ0) is 21.0. The van der Waals surface area contributed by atoms with Crippen molar-refractivity contribution in [3.05, 3.63) is 52.6 Å². The topological polar surface area (TPSA) is 108 Å². The van der Waals surface area contributed by atoms with Crippen LogP contribution in [-0.2, 0) is 16.1 Å². The molecule has 0 bridgehead atoms. The first-order chi connectivity index (χ1) is 13.9. The second-order valence-corrected chi connectivity index (χ2v) is 6.80. The van der Waals surface area contributed by atoms with Gasteiger partial charge < -0.3 is 10.1 Å². The van der Waals surface area contributed by atoms with Crippen molar-refractivity contribution in [2.24, 2.45) is 0 Å². The fraction of sp³-hybridized carbons (Fsp3) is 0.350.